The Hall–Kier alpha value is -3.73. The average Bonchev–Trinajstić information content (AvgIpc) is 3.14. The zero-order valence-electron chi connectivity index (χ0n) is 13.9. The zero-order valence-corrected chi connectivity index (χ0v) is 13.9. The molecule has 0 fully saturated rings. The molecule has 1 N–H and O–H groups in total. The molecule has 0 saturated heterocycles. The van der Waals surface area contributed by atoms with Crippen LogP contribution in [0.5, 0.6) is 23.0 Å². The van der Waals surface area contributed by atoms with Gasteiger partial charge in [0.1, 0.15) is 11.8 Å². The molecule has 0 bridgehead atoms. The maximum absolute atomic E-state index is 11.8. The third kappa shape index (κ3) is 3.84. The first kappa shape index (κ1) is 17.1. The maximum Gasteiger partial charge on any atom is 0.277 e. The molecule has 1 aliphatic rings. The Bertz CT molecular complexity index is 889. The minimum Gasteiger partial charge on any atom is -0.493 e. The molecular weight excluding hydrogens is 338 g/mol. The summed E-state index contributed by atoms with van der Waals surface area (Å²) in [5.41, 5.74) is 3.38. The largest absolute Gasteiger partial charge is 0.493 e. The number of carbonyl (C=O) groups is 1. The molecule has 0 radical (unpaired) electrons. The molecule has 0 aliphatic carbocycles. The van der Waals surface area contributed by atoms with Gasteiger partial charge in [0.2, 0.25) is 12.5 Å². The van der Waals surface area contributed by atoms with E-state index in [1.165, 1.54) is 13.3 Å². The number of para-hydroxylation sites is 1. The van der Waals surface area contributed by atoms with E-state index in [9.17, 15) is 4.79 Å². The third-order valence-electron chi connectivity index (χ3n) is 3.45. The smallest absolute Gasteiger partial charge is 0.277 e. The molecule has 0 saturated carbocycles. The predicted octanol–water partition coefficient (Wildman–Crippen LogP) is 1.82. The number of nitriles is 1. The van der Waals surface area contributed by atoms with E-state index in [0.29, 0.717) is 34.1 Å². The molecule has 1 amide bonds. The van der Waals surface area contributed by atoms with Gasteiger partial charge in [0.25, 0.3) is 5.91 Å². The van der Waals surface area contributed by atoms with Gasteiger partial charge in [0.15, 0.2) is 18.1 Å². The van der Waals surface area contributed by atoms with Crippen molar-refractivity contribution in [1.29, 1.82) is 5.26 Å². The van der Waals surface area contributed by atoms with E-state index in [2.05, 4.69) is 10.5 Å². The standard InChI is InChI=1S/C18H15N3O5/c1-23-15-6-12(7-16-18(15)26-11-25-16)9-20-21-17(22)10-24-14-5-3-2-4-13(14)8-19/h2-7,9H,10-11H2,1H3,(H,21,22)/b20-9-. The first-order valence-corrected chi connectivity index (χ1v) is 7.62. The monoisotopic (exact) mass is 353 g/mol. The van der Waals surface area contributed by atoms with E-state index < -0.39 is 5.91 Å². The minimum absolute atomic E-state index is 0.129. The van der Waals surface area contributed by atoms with E-state index in [0.717, 1.165) is 0 Å². The number of nitrogens with zero attached hydrogens (tertiary/aromatic N) is 2. The molecule has 2 aromatic carbocycles. The van der Waals surface area contributed by atoms with Crippen LogP contribution in [-0.2, 0) is 4.79 Å². The van der Waals surface area contributed by atoms with Crippen molar-refractivity contribution in [2.75, 3.05) is 20.5 Å². The van der Waals surface area contributed by atoms with Crippen molar-refractivity contribution in [2.45, 2.75) is 0 Å². The number of amides is 1. The second-order valence-electron chi connectivity index (χ2n) is 5.15. The maximum atomic E-state index is 11.8. The number of nitrogens with one attached hydrogen (secondary N) is 1. The molecule has 0 aromatic heterocycles. The van der Waals surface area contributed by atoms with Crippen LogP contribution in [0.25, 0.3) is 0 Å². The number of benzene rings is 2. The quantitative estimate of drug-likeness (QED) is 0.628. The van der Waals surface area contributed by atoms with Crippen molar-refractivity contribution in [1.82, 2.24) is 5.43 Å². The van der Waals surface area contributed by atoms with E-state index in [4.69, 9.17) is 24.2 Å². The Morgan fingerprint density at radius 2 is 2.19 bits per heavy atom. The number of fused-ring (bicyclic) bond motifs is 1. The van der Waals surface area contributed by atoms with Crippen molar-refractivity contribution in [2.24, 2.45) is 5.10 Å². The highest BCUT2D eigenvalue weighted by Crippen LogP contribution is 2.41. The molecule has 0 atom stereocenters. The Morgan fingerprint density at radius 3 is 3.00 bits per heavy atom. The molecule has 0 unspecified atom stereocenters. The van der Waals surface area contributed by atoms with Crippen LogP contribution in [0.4, 0.5) is 0 Å². The van der Waals surface area contributed by atoms with Gasteiger partial charge in [-0.1, -0.05) is 12.1 Å². The van der Waals surface area contributed by atoms with Crippen LogP contribution >= 0.6 is 0 Å². The number of hydrogen-bond acceptors (Lipinski definition) is 7. The van der Waals surface area contributed by atoms with E-state index in [1.807, 2.05) is 6.07 Å². The van der Waals surface area contributed by atoms with Crippen LogP contribution in [0.15, 0.2) is 41.5 Å². The summed E-state index contributed by atoms with van der Waals surface area (Å²) in [4.78, 5) is 11.8. The SMILES string of the molecule is COc1cc(/C=N\NC(=O)COc2ccccc2C#N)cc2c1OCO2. The van der Waals surface area contributed by atoms with Crippen LogP contribution in [0.3, 0.4) is 0 Å². The van der Waals surface area contributed by atoms with Gasteiger partial charge in [-0.3, -0.25) is 4.79 Å². The second-order valence-corrected chi connectivity index (χ2v) is 5.15. The van der Waals surface area contributed by atoms with E-state index in [-0.39, 0.29) is 13.4 Å². The minimum atomic E-state index is -0.457. The van der Waals surface area contributed by atoms with Crippen molar-refractivity contribution in [3.8, 4) is 29.1 Å². The van der Waals surface area contributed by atoms with E-state index >= 15 is 0 Å². The van der Waals surface area contributed by atoms with Gasteiger partial charge in [-0.05, 0) is 24.3 Å². The molecule has 1 heterocycles. The topological polar surface area (TPSA) is 102 Å². The highest BCUT2D eigenvalue weighted by atomic mass is 16.7. The molecule has 2 aromatic rings. The van der Waals surface area contributed by atoms with Crippen LogP contribution in [0, 0.1) is 11.3 Å². The highest BCUT2D eigenvalue weighted by molar-refractivity contribution is 5.84. The Balaban J connectivity index is 1.57. The van der Waals surface area contributed by atoms with Gasteiger partial charge in [-0.15, -0.1) is 0 Å². The molecule has 1 aliphatic heterocycles. The van der Waals surface area contributed by atoms with Gasteiger partial charge in [-0.2, -0.15) is 10.4 Å². The fourth-order valence-electron chi connectivity index (χ4n) is 2.26. The van der Waals surface area contributed by atoms with Crippen molar-refractivity contribution in [3.05, 3.63) is 47.5 Å². The summed E-state index contributed by atoms with van der Waals surface area (Å²) >= 11 is 0. The summed E-state index contributed by atoms with van der Waals surface area (Å²) in [6.07, 6.45) is 1.45. The first-order valence-electron chi connectivity index (χ1n) is 7.62. The fraction of sp³-hybridized carbons (Fsp3) is 0.167. The van der Waals surface area contributed by atoms with Gasteiger partial charge in [0, 0.05) is 5.56 Å². The number of rotatable bonds is 6. The molecule has 8 heteroatoms. The summed E-state index contributed by atoms with van der Waals surface area (Å²) in [7, 11) is 1.52. The summed E-state index contributed by atoms with van der Waals surface area (Å²) in [5.74, 6) is 1.49. The lowest BCUT2D eigenvalue weighted by molar-refractivity contribution is -0.123. The van der Waals surface area contributed by atoms with Crippen molar-refractivity contribution in [3.63, 3.8) is 0 Å². The molecule has 26 heavy (non-hydrogen) atoms. The fourth-order valence-corrected chi connectivity index (χ4v) is 2.26. The van der Waals surface area contributed by atoms with Crippen molar-refractivity contribution < 1.29 is 23.7 Å². The lowest BCUT2D eigenvalue weighted by atomic mass is 10.2. The van der Waals surface area contributed by atoms with Gasteiger partial charge in [-0.25, -0.2) is 5.43 Å². The number of ether oxygens (including phenoxy) is 4. The highest BCUT2D eigenvalue weighted by Gasteiger charge is 2.19. The summed E-state index contributed by atoms with van der Waals surface area (Å²) in [6.45, 7) is -0.134. The lowest BCUT2D eigenvalue weighted by Gasteiger charge is -2.06. The summed E-state index contributed by atoms with van der Waals surface area (Å²) in [5, 5.41) is 12.9. The predicted molar refractivity (Wildman–Crippen MR) is 91.5 cm³/mol. The van der Waals surface area contributed by atoms with E-state index in [1.54, 1.807) is 36.4 Å². The van der Waals surface area contributed by atoms with Crippen LogP contribution in [0.2, 0.25) is 0 Å². The number of hydrogen-bond donors (Lipinski definition) is 1. The lowest BCUT2D eigenvalue weighted by Crippen LogP contribution is -2.24. The molecule has 3 rings (SSSR count). The normalized spacial score (nSPS) is 11.8. The molecule has 8 nitrogen and oxygen atoms in total. The molecular formula is C18H15N3O5. The summed E-state index contributed by atoms with van der Waals surface area (Å²) < 4.78 is 21.2. The van der Waals surface area contributed by atoms with Crippen LogP contribution in [0.1, 0.15) is 11.1 Å². The number of carbonyl (C=O) groups excluding carboxylic acids is 1. The molecule has 132 valence electrons. The number of hydrazone groups is 1. The van der Waals surface area contributed by atoms with Gasteiger partial charge >= 0.3 is 0 Å². The van der Waals surface area contributed by atoms with Crippen LogP contribution < -0.4 is 24.4 Å². The average molecular weight is 353 g/mol. The zero-order chi connectivity index (χ0) is 18.4. The molecule has 0 spiro atoms. The van der Waals surface area contributed by atoms with Gasteiger partial charge in [0.05, 0.1) is 18.9 Å². The van der Waals surface area contributed by atoms with Crippen molar-refractivity contribution >= 4 is 12.1 Å². The Morgan fingerprint density at radius 1 is 1.35 bits per heavy atom. The first-order chi connectivity index (χ1) is 12.7. The van der Waals surface area contributed by atoms with Crippen LogP contribution in [-0.4, -0.2) is 32.6 Å². The third-order valence-corrected chi connectivity index (χ3v) is 3.45. The Labute approximate surface area is 149 Å². The summed E-state index contributed by atoms with van der Waals surface area (Å²) in [6, 6.07) is 12.1. The Kier molecular flexibility index (Phi) is 5.19. The number of methoxy groups -OCH3 is 1. The second kappa shape index (κ2) is 7.90. The van der Waals surface area contributed by atoms with Gasteiger partial charge < -0.3 is 18.9 Å².